The molecule has 2 aromatic rings. The van der Waals surface area contributed by atoms with Gasteiger partial charge in [-0.2, -0.15) is 0 Å². The fourth-order valence-corrected chi connectivity index (χ4v) is 1.76. The highest BCUT2D eigenvalue weighted by Crippen LogP contribution is 2.17. The number of carbonyl (C=O) groups excluding carboxylic acids is 1. The summed E-state index contributed by atoms with van der Waals surface area (Å²) in [6, 6.07) is 11.1. The topological polar surface area (TPSA) is 87.7 Å². The maximum absolute atomic E-state index is 11.8. The summed E-state index contributed by atoms with van der Waals surface area (Å²) in [7, 11) is 0. The number of hydrogen-bond acceptors (Lipinski definition) is 4. The number of aliphatic hydroxyl groups is 1. The smallest absolute Gasteiger partial charge is 0.371 e. The molecule has 0 unspecified atom stereocenters. The molecule has 20 heavy (non-hydrogen) atoms. The molecular formula is C15H12O5. The van der Waals surface area contributed by atoms with E-state index in [0.717, 1.165) is 5.56 Å². The molecule has 0 radical (unpaired) electrons. The van der Waals surface area contributed by atoms with Gasteiger partial charge in [-0.05, 0) is 11.6 Å². The van der Waals surface area contributed by atoms with Crippen molar-refractivity contribution in [3.63, 3.8) is 0 Å². The minimum absolute atomic E-state index is 0.0293. The van der Waals surface area contributed by atoms with Crippen molar-refractivity contribution in [1.29, 1.82) is 0 Å². The quantitative estimate of drug-likeness (QED) is 0.496. The molecule has 2 rings (SSSR count). The molecule has 0 aliphatic carbocycles. The number of rotatable bonds is 5. The molecular weight excluding hydrogens is 260 g/mol. The third-order valence-electron chi connectivity index (χ3n) is 2.69. The summed E-state index contributed by atoms with van der Waals surface area (Å²) in [5.41, 5.74) is 1.63. The lowest BCUT2D eigenvalue weighted by Gasteiger charge is -2.00. The Labute approximate surface area is 114 Å². The van der Waals surface area contributed by atoms with E-state index >= 15 is 0 Å². The monoisotopic (exact) mass is 272 g/mol. The Balaban J connectivity index is 2.23. The van der Waals surface area contributed by atoms with Crippen molar-refractivity contribution >= 4 is 11.8 Å². The van der Waals surface area contributed by atoms with Crippen molar-refractivity contribution in [3.05, 3.63) is 71.4 Å². The summed E-state index contributed by atoms with van der Waals surface area (Å²) in [5.74, 6) is -3.23. The van der Waals surface area contributed by atoms with Gasteiger partial charge in [0, 0.05) is 18.1 Å². The Morgan fingerprint density at radius 3 is 2.45 bits per heavy atom. The first-order valence-corrected chi connectivity index (χ1v) is 5.86. The second-order valence-electron chi connectivity index (χ2n) is 4.14. The van der Waals surface area contributed by atoms with E-state index in [1.807, 2.05) is 30.3 Å². The number of allylic oxidation sites excluding steroid dienone is 1. The van der Waals surface area contributed by atoms with Crippen molar-refractivity contribution in [1.82, 2.24) is 0 Å². The maximum Gasteiger partial charge on any atom is 0.371 e. The zero-order valence-corrected chi connectivity index (χ0v) is 10.4. The predicted octanol–water partition coefficient (Wildman–Crippen LogP) is 2.58. The third kappa shape index (κ3) is 3.14. The average Bonchev–Trinajstić information content (AvgIpc) is 2.88. The van der Waals surface area contributed by atoms with Gasteiger partial charge in [0.15, 0.2) is 5.76 Å². The molecule has 2 N–H and O–H groups in total. The minimum atomic E-state index is -1.56. The van der Waals surface area contributed by atoms with Gasteiger partial charge in [0.25, 0.3) is 0 Å². The van der Waals surface area contributed by atoms with E-state index in [0.29, 0.717) is 18.1 Å². The highest BCUT2D eigenvalue weighted by Gasteiger charge is 2.16. The van der Waals surface area contributed by atoms with Crippen LogP contribution in [-0.2, 0) is 11.2 Å². The van der Waals surface area contributed by atoms with E-state index in [1.165, 1.54) is 6.26 Å². The van der Waals surface area contributed by atoms with Crippen molar-refractivity contribution < 1.29 is 24.2 Å². The van der Waals surface area contributed by atoms with Gasteiger partial charge in [-0.3, -0.25) is 4.79 Å². The van der Waals surface area contributed by atoms with Crippen molar-refractivity contribution in [3.8, 4) is 0 Å². The van der Waals surface area contributed by atoms with Crippen molar-refractivity contribution in [2.75, 3.05) is 0 Å². The molecule has 5 heteroatoms. The summed E-state index contributed by atoms with van der Waals surface area (Å²) < 4.78 is 5.08. The van der Waals surface area contributed by atoms with Gasteiger partial charge in [0.1, 0.15) is 0 Å². The molecule has 0 atom stereocenters. The number of hydrogen-bond donors (Lipinski definition) is 2. The standard InChI is InChI=1S/C15H12O5/c16-12(9-13(17)15(18)19)14-11(6-7-20-14)8-10-4-2-1-3-5-10/h1-7,9,17H,8H2,(H,18,19)/b13-9-. The van der Waals surface area contributed by atoms with Crippen LogP contribution < -0.4 is 0 Å². The molecule has 0 fully saturated rings. The third-order valence-corrected chi connectivity index (χ3v) is 2.69. The van der Waals surface area contributed by atoms with Crippen LogP contribution in [0.4, 0.5) is 0 Å². The Morgan fingerprint density at radius 1 is 1.10 bits per heavy atom. The van der Waals surface area contributed by atoms with Gasteiger partial charge in [-0.25, -0.2) is 4.79 Å². The van der Waals surface area contributed by atoms with Gasteiger partial charge in [0.05, 0.1) is 6.26 Å². The van der Waals surface area contributed by atoms with Crippen LogP contribution in [0, 0.1) is 0 Å². The maximum atomic E-state index is 11.8. The van der Waals surface area contributed by atoms with Crippen LogP contribution in [0.3, 0.4) is 0 Å². The summed E-state index contributed by atoms with van der Waals surface area (Å²) in [6.07, 6.45) is 2.48. The number of ketones is 1. The van der Waals surface area contributed by atoms with Crippen LogP contribution in [-0.4, -0.2) is 22.0 Å². The van der Waals surface area contributed by atoms with E-state index in [9.17, 15) is 9.59 Å². The van der Waals surface area contributed by atoms with Crippen LogP contribution in [0.25, 0.3) is 0 Å². The molecule has 0 aliphatic heterocycles. The summed E-state index contributed by atoms with van der Waals surface area (Å²) in [4.78, 5) is 22.3. The minimum Gasteiger partial charge on any atom is -0.502 e. The fourth-order valence-electron chi connectivity index (χ4n) is 1.76. The predicted molar refractivity (Wildman–Crippen MR) is 70.6 cm³/mol. The number of benzene rings is 1. The van der Waals surface area contributed by atoms with Gasteiger partial charge in [-0.15, -0.1) is 0 Å². The van der Waals surface area contributed by atoms with Crippen LogP contribution >= 0.6 is 0 Å². The molecule has 1 aromatic carbocycles. The number of aliphatic hydroxyl groups excluding tert-OH is 1. The fraction of sp³-hybridized carbons (Fsp3) is 0.0667. The van der Waals surface area contributed by atoms with Crippen LogP contribution in [0.5, 0.6) is 0 Å². The zero-order chi connectivity index (χ0) is 14.5. The van der Waals surface area contributed by atoms with Gasteiger partial charge >= 0.3 is 5.97 Å². The molecule has 1 heterocycles. The Hall–Kier alpha value is -2.82. The lowest BCUT2D eigenvalue weighted by Crippen LogP contribution is -2.05. The lowest BCUT2D eigenvalue weighted by atomic mass is 10.0. The summed E-state index contributed by atoms with van der Waals surface area (Å²) in [5, 5.41) is 17.6. The lowest BCUT2D eigenvalue weighted by molar-refractivity contribution is -0.135. The van der Waals surface area contributed by atoms with Crippen molar-refractivity contribution in [2.45, 2.75) is 6.42 Å². The normalized spacial score (nSPS) is 11.3. The SMILES string of the molecule is O=C(O)/C(O)=C/C(=O)c1occc1Cc1ccccc1. The summed E-state index contributed by atoms with van der Waals surface area (Å²) in [6.45, 7) is 0. The molecule has 0 saturated heterocycles. The van der Waals surface area contributed by atoms with Crippen LogP contribution in [0.15, 0.2) is 58.9 Å². The second kappa shape index (κ2) is 5.88. The largest absolute Gasteiger partial charge is 0.502 e. The first-order chi connectivity index (χ1) is 9.58. The molecule has 5 nitrogen and oxygen atoms in total. The number of carboxylic acids is 1. The van der Waals surface area contributed by atoms with Gasteiger partial charge < -0.3 is 14.6 Å². The first-order valence-electron chi connectivity index (χ1n) is 5.86. The number of aliphatic carboxylic acids is 1. The van der Waals surface area contributed by atoms with E-state index in [4.69, 9.17) is 14.6 Å². The van der Waals surface area contributed by atoms with E-state index in [2.05, 4.69) is 0 Å². The zero-order valence-electron chi connectivity index (χ0n) is 10.4. The Morgan fingerprint density at radius 2 is 1.80 bits per heavy atom. The first kappa shape index (κ1) is 13.6. The number of carboxylic acid groups (broad SMARTS) is 1. The molecule has 1 aromatic heterocycles. The molecule has 0 aliphatic rings. The Bertz CT molecular complexity index is 652. The Kier molecular flexibility index (Phi) is 4.00. The highest BCUT2D eigenvalue weighted by atomic mass is 16.4. The van der Waals surface area contributed by atoms with Crippen LogP contribution in [0.2, 0.25) is 0 Å². The van der Waals surface area contributed by atoms with Crippen molar-refractivity contribution in [2.24, 2.45) is 0 Å². The highest BCUT2D eigenvalue weighted by molar-refractivity contribution is 6.06. The molecule has 0 bridgehead atoms. The molecule has 0 amide bonds. The molecule has 0 spiro atoms. The number of carbonyl (C=O) groups is 2. The molecule has 0 saturated carbocycles. The summed E-state index contributed by atoms with van der Waals surface area (Å²) >= 11 is 0. The van der Waals surface area contributed by atoms with Crippen LogP contribution in [0.1, 0.15) is 21.7 Å². The van der Waals surface area contributed by atoms with E-state index in [-0.39, 0.29) is 5.76 Å². The number of furan rings is 1. The average molecular weight is 272 g/mol. The van der Waals surface area contributed by atoms with Gasteiger partial charge in [-0.1, -0.05) is 30.3 Å². The van der Waals surface area contributed by atoms with Gasteiger partial charge in [0.2, 0.25) is 11.5 Å². The second-order valence-corrected chi connectivity index (χ2v) is 4.14. The van der Waals surface area contributed by atoms with E-state index < -0.39 is 17.5 Å². The van der Waals surface area contributed by atoms with E-state index in [1.54, 1.807) is 6.07 Å². The molecule has 102 valence electrons.